The van der Waals surface area contributed by atoms with Crippen molar-refractivity contribution < 1.29 is 22.9 Å². The van der Waals surface area contributed by atoms with Crippen LogP contribution in [0, 0.1) is 10.1 Å². The predicted octanol–water partition coefficient (Wildman–Crippen LogP) is 6.65. The zero-order valence-electron chi connectivity index (χ0n) is 25.8. The molecule has 0 saturated carbocycles. The SMILES string of the molecule is CC[C@H](C)NC(=O)[C@H](Cc1ccccc1)N(Cc1ccc(Cl)c(Cl)c1)C(=O)CN(c1ccc([N+](=O)[O-])cc1)S(=O)(=O)c1ccccc1. The Labute approximate surface area is 284 Å². The number of carbonyl (C=O) groups excluding carboxylic acids is 2. The molecule has 4 rings (SSSR count). The highest BCUT2D eigenvalue weighted by Gasteiger charge is 2.35. The minimum Gasteiger partial charge on any atom is -0.352 e. The number of nitrogens with one attached hydrogen (secondary N) is 1. The first-order chi connectivity index (χ1) is 22.4. The summed E-state index contributed by atoms with van der Waals surface area (Å²) in [5, 5.41) is 14.9. The van der Waals surface area contributed by atoms with Gasteiger partial charge in [-0.1, -0.05) is 84.7 Å². The number of nitrogens with zero attached hydrogens (tertiary/aromatic N) is 3. The molecule has 0 aromatic heterocycles. The summed E-state index contributed by atoms with van der Waals surface area (Å²) in [5.74, 6) is -1.10. The average molecular weight is 698 g/mol. The Bertz CT molecular complexity index is 1810. The maximum atomic E-state index is 14.5. The van der Waals surface area contributed by atoms with Crippen molar-refractivity contribution in [3.8, 4) is 0 Å². The van der Waals surface area contributed by atoms with Crippen LogP contribution in [-0.4, -0.2) is 48.7 Å². The van der Waals surface area contributed by atoms with Crippen molar-refractivity contribution in [2.24, 2.45) is 0 Å². The van der Waals surface area contributed by atoms with Gasteiger partial charge in [0.1, 0.15) is 12.6 Å². The molecule has 0 aliphatic rings. The first-order valence-corrected chi connectivity index (χ1v) is 17.0. The molecule has 4 aromatic rings. The molecule has 0 spiro atoms. The van der Waals surface area contributed by atoms with Crippen molar-refractivity contribution in [2.75, 3.05) is 10.8 Å². The number of non-ortho nitro benzene ring substituents is 1. The lowest BCUT2D eigenvalue weighted by Crippen LogP contribution is -2.54. The van der Waals surface area contributed by atoms with Crippen LogP contribution in [0.2, 0.25) is 10.0 Å². The van der Waals surface area contributed by atoms with Gasteiger partial charge in [-0.05, 0) is 60.9 Å². The molecule has 4 aromatic carbocycles. The lowest BCUT2D eigenvalue weighted by atomic mass is 10.0. The molecule has 2 atom stereocenters. The molecule has 0 radical (unpaired) electrons. The van der Waals surface area contributed by atoms with Gasteiger partial charge >= 0.3 is 0 Å². The van der Waals surface area contributed by atoms with Gasteiger partial charge in [0.2, 0.25) is 11.8 Å². The molecule has 0 fully saturated rings. The van der Waals surface area contributed by atoms with E-state index in [9.17, 15) is 28.1 Å². The molecule has 2 amide bonds. The lowest BCUT2D eigenvalue weighted by Gasteiger charge is -2.34. The van der Waals surface area contributed by atoms with Crippen LogP contribution in [0.3, 0.4) is 0 Å². The van der Waals surface area contributed by atoms with E-state index < -0.39 is 39.3 Å². The lowest BCUT2D eigenvalue weighted by molar-refractivity contribution is -0.384. The Balaban J connectivity index is 1.83. The Morgan fingerprint density at radius 1 is 0.872 bits per heavy atom. The minimum absolute atomic E-state index is 0.0333. The summed E-state index contributed by atoms with van der Waals surface area (Å²) in [6.07, 6.45) is 0.785. The highest BCUT2D eigenvalue weighted by molar-refractivity contribution is 7.92. The number of hydrogen-bond acceptors (Lipinski definition) is 6. The quantitative estimate of drug-likeness (QED) is 0.116. The maximum absolute atomic E-state index is 14.5. The Morgan fingerprint density at radius 3 is 2.06 bits per heavy atom. The van der Waals surface area contributed by atoms with Crippen LogP contribution in [0.4, 0.5) is 11.4 Å². The molecule has 0 heterocycles. The number of nitro groups is 1. The molecule has 246 valence electrons. The van der Waals surface area contributed by atoms with Gasteiger partial charge < -0.3 is 10.2 Å². The van der Waals surface area contributed by atoms with Gasteiger partial charge in [-0.3, -0.25) is 24.0 Å². The molecular formula is C34H34Cl2N4O6S. The number of hydrogen-bond donors (Lipinski definition) is 1. The molecule has 0 aliphatic carbocycles. The van der Waals surface area contributed by atoms with Gasteiger partial charge in [0, 0.05) is 31.1 Å². The molecule has 47 heavy (non-hydrogen) atoms. The van der Waals surface area contributed by atoms with Crippen LogP contribution in [0.25, 0.3) is 0 Å². The second kappa shape index (κ2) is 15.9. The summed E-state index contributed by atoms with van der Waals surface area (Å²) in [4.78, 5) is 40.4. The Hall–Kier alpha value is -4.45. The monoisotopic (exact) mass is 696 g/mol. The van der Waals surface area contributed by atoms with Gasteiger partial charge in [-0.25, -0.2) is 8.42 Å². The standard InChI is InChI=1S/C34H34Cl2N4O6S/c1-3-24(2)37-34(42)32(21-25-10-6-4-7-11-25)38(22-26-14-19-30(35)31(36)20-26)33(41)23-39(27-15-17-28(18-16-27)40(43)44)47(45,46)29-12-8-5-9-13-29/h4-20,24,32H,3,21-23H2,1-2H3,(H,37,42)/t24-,32-/m0/s1. The topological polar surface area (TPSA) is 130 Å². The summed E-state index contributed by atoms with van der Waals surface area (Å²) in [6, 6.07) is 25.2. The van der Waals surface area contributed by atoms with Crippen LogP contribution in [0.5, 0.6) is 0 Å². The van der Waals surface area contributed by atoms with Crippen LogP contribution in [-0.2, 0) is 32.6 Å². The van der Waals surface area contributed by atoms with Gasteiger partial charge in [0.25, 0.3) is 15.7 Å². The third-order valence-corrected chi connectivity index (χ3v) is 10.1. The molecule has 1 N–H and O–H groups in total. The van der Waals surface area contributed by atoms with E-state index in [-0.39, 0.29) is 40.3 Å². The summed E-state index contributed by atoms with van der Waals surface area (Å²) < 4.78 is 29.0. The van der Waals surface area contributed by atoms with Gasteiger partial charge in [0.15, 0.2) is 0 Å². The molecular weight excluding hydrogens is 663 g/mol. The van der Waals surface area contributed by atoms with Crippen molar-refractivity contribution >= 4 is 56.4 Å². The number of halogens is 2. The highest BCUT2D eigenvalue weighted by Crippen LogP contribution is 2.28. The van der Waals surface area contributed by atoms with Crippen molar-refractivity contribution in [3.63, 3.8) is 0 Å². The van der Waals surface area contributed by atoms with Crippen LogP contribution >= 0.6 is 23.2 Å². The Morgan fingerprint density at radius 2 is 1.49 bits per heavy atom. The number of sulfonamides is 1. The summed E-state index contributed by atoms with van der Waals surface area (Å²) in [5.41, 5.74) is 1.14. The second-order valence-corrected chi connectivity index (χ2v) is 13.6. The van der Waals surface area contributed by atoms with Crippen molar-refractivity contribution in [1.82, 2.24) is 10.2 Å². The number of benzene rings is 4. The van der Waals surface area contributed by atoms with Crippen molar-refractivity contribution in [1.29, 1.82) is 0 Å². The van der Waals surface area contributed by atoms with E-state index in [0.717, 1.165) is 9.87 Å². The van der Waals surface area contributed by atoms with Gasteiger partial charge in [-0.15, -0.1) is 0 Å². The van der Waals surface area contributed by atoms with Crippen LogP contribution in [0.15, 0.2) is 108 Å². The van der Waals surface area contributed by atoms with E-state index in [1.807, 2.05) is 44.2 Å². The number of anilines is 1. The summed E-state index contributed by atoms with van der Waals surface area (Å²) >= 11 is 12.5. The smallest absolute Gasteiger partial charge is 0.269 e. The Kier molecular flexibility index (Phi) is 12.0. The fourth-order valence-corrected chi connectivity index (χ4v) is 6.57. The van der Waals surface area contributed by atoms with E-state index in [4.69, 9.17) is 23.2 Å². The van der Waals surface area contributed by atoms with Crippen LogP contribution < -0.4 is 9.62 Å². The van der Waals surface area contributed by atoms with Gasteiger partial charge in [-0.2, -0.15) is 0 Å². The van der Waals surface area contributed by atoms with Crippen molar-refractivity contribution in [3.05, 3.63) is 134 Å². The van der Waals surface area contributed by atoms with E-state index in [1.165, 1.54) is 41.3 Å². The average Bonchev–Trinajstić information content (AvgIpc) is 3.07. The zero-order valence-corrected chi connectivity index (χ0v) is 28.1. The van der Waals surface area contributed by atoms with Gasteiger partial charge in [0.05, 0.1) is 25.6 Å². The third kappa shape index (κ3) is 9.09. The summed E-state index contributed by atoms with van der Waals surface area (Å²) in [7, 11) is -4.35. The molecule has 0 bridgehead atoms. The number of nitro benzene ring substituents is 1. The first kappa shape index (κ1) is 35.4. The first-order valence-electron chi connectivity index (χ1n) is 14.8. The normalized spacial score (nSPS) is 12.5. The summed E-state index contributed by atoms with van der Waals surface area (Å²) in [6.45, 7) is 2.97. The minimum atomic E-state index is -4.35. The van der Waals surface area contributed by atoms with Crippen molar-refractivity contribution in [2.45, 2.75) is 50.2 Å². The van der Waals surface area contributed by atoms with Crippen LogP contribution in [0.1, 0.15) is 31.4 Å². The zero-order chi connectivity index (χ0) is 34.1. The second-order valence-electron chi connectivity index (χ2n) is 10.9. The highest BCUT2D eigenvalue weighted by atomic mass is 35.5. The largest absolute Gasteiger partial charge is 0.352 e. The fraction of sp³-hybridized carbons (Fsp3) is 0.235. The van der Waals surface area contributed by atoms with E-state index >= 15 is 0 Å². The fourth-order valence-electron chi connectivity index (χ4n) is 4.82. The predicted molar refractivity (Wildman–Crippen MR) is 183 cm³/mol. The van der Waals surface area contributed by atoms with E-state index in [2.05, 4.69) is 5.32 Å². The number of rotatable bonds is 14. The molecule has 0 aliphatic heterocycles. The maximum Gasteiger partial charge on any atom is 0.269 e. The molecule has 10 nitrogen and oxygen atoms in total. The van der Waals surface area contributed by atoms with E-state index in [0.29, 0.717) is 17.0 Å². The molecule has 0 unspecified atom stereocenters. The number of carbonyl (C=O) groups is 2. The molecule has 0 saturated heterocycles. The number of amides is 2. The molecule has 13 heteroatoms. The third-order valence-electron chi connectivity index (χ3n) is 7.57. The van der Waals surface area contributed by atoms with E-state index in [1.54, 1.807) is 36.4 Å².